The molecule has 0 aliphatic carbocycles. The molecule has 2 rings (SSSR count). The normalized spacial score (nSPS) is 12.5. The molecule has 2 aromatic carbocycles. The van der Waals surface area contributed by atoms with Crippen molar-refractivity contribution in [2.24, 2.45) is 0 Å². The minimum atomic E-state index is -3.43. The molecule has 0 unspecified atom stereocenters. The van der Waals surface area contributed by atoms with E-state index in [1.807, 2.05) is 38.1 Å². The van der Waals surface area contributed by atoms with E-state index in [9.17, 15) is 13.2 Å². The van der Waals surface area contributed by atoms with Gasteiger partial charge in [-0.05, 0) is 37.1 Å². The number of amides is 1. The number of nitrogens with one attached hydrogen (secondary N) is 2. The van der Waals surface area contributed by atoms with E-state index in [1.165, 1.54) is 18.2 Å². The number of benzene rings is 2. The fraction of sp³-hybridized carbons (Fsp3) is 0.278. The molecule has 134 valence electrons. The lowest BCUT2D eigenvalue weighted by molar-refractivity contribution is 0.0935. The predicted octanol–water partition coefficient (Wildman–Crippen LogP) is 3.90. The van der Waals surface area contributed by atoms with Crippen LogP contribution >= 0.6 is 11.6 Å². The smallest absolute Gasteiger partial charge is 0.253 e. The second-order valence-electron chi connectivity index (χ2n) is 5.91. The van der Waals surface area contributed by atoms with Crippen LogP contribution in [0.4, 0.5) is 5.69 Å². The summed E-state index contributed by atoms with van der Waals surface area (Å²) in [6.45, 7) is 3.98. The Hall–Kier alpha value is -2.05. The number of hydrogen-bond acceptors (Lipinski definition) is 3. The summed E-state index contributed by atoms with van der Waals surface area (Å²) < 4.78 is 25.1. The highest BCUT2D eigenvalue weighted by molar-refractivity contribution is 7.92. The van der Waals surface area contributed by atoms with Crippen LogP contribution in [0, 0.1) is 6.92 Å². The maximum atomic E-state index is 12.6. The van der Waals surface area contributed by atoms with Gasteiger partial charge in [0.25, 0.3) is 5.91 Å². The van der Waals surface area contributed by atoms with Gasteiger partial charge in [0.05, 0.1) is 22.9 Å². The van der Waals surface area contributed by atoms with Crippen molar-refractivity contribution < 1.29 is 13.2 Å². The first-order valence-electron chi connectivity index (χ1n) is 7.84. The van der Waals surface area contributed by atoms with E-state index in [0.717, 1.165) is 17.4 Å². The van der Waals surface area contributed by atoms with E-state index in [1.54, 1.807) is 0 Å². The molecule has 1 atom stereocenters. The highest BCUT2D eigenvalue weighted by Crippen LogP contribution is 2.23. The monoisotopic (exact) mass is 380 g/mol. The van der Waals surface area contributed by atoms with Crippen LogP contribution < -0.4 is 10.0 Å². The molecule has 0 aromatic heterocycles. The van der Waals surface area contributed by atoms with Crippen LogP contribution in [0.5, 0.6) is 0 Å². The number of carbonyl (C=O) groups is 1. The fourth-order valence-corrected chi connectivity index (χ4v) is 3.19. The number of anilines is 1. The molecule has 2 N–H and O–H groups in total. The van der Waals surface area contributed by atoms with Crippen molar-refractivity contribution >= 4 is 33.2 Å². The molecular weight excluding hydrogens is 360 g/mol. The summed E-state index contributed by atoms with van der Waals surface area (Å²) in [7, 11) is -3.43. The molecule has 5 nitrogen and oxygen atoms in total. The van der Waals surface area contributed by atoms with Crippen LogP contribution in [0.25, 0.3) is 0 Å². The Morgan fingerprint density at radius 1 is 1.16 bits per heavy atom. The van der Waals surface area contributed by atoms with E-state index in [4.69, 9.17) is 11.6 Å². The molecule has 0 aliphatic rings. The van der Waals surface area contributed by atoms with E-state index in [-0.39, 0.29) is 22.5 Å². The molecule has 0 bridgehead atoms. The Balaban J connectivity index is 2.24. The second kappa shape index (κ2) is 7.89. The highest BCUT2D eigenvalue weighted by Gasteiger charge is 2.17. The fourth-order valence-electron chi connectivity index (χ4n) is 2.43. The minimum Gasteiger partial charge on any atom is -0.345 e. The van der Waals surface area contributed by atoms with Crippen LogP contribution in [0.3, 0.4) is 0 Å². The molecule has 0 spiro atoms. The lowest BCUT2D eigenvalue weighted by atomic mass is 10.0. The Labute approximate surface area is 153 Å². The third kappa shape index (κ3) is 5.47. The summed E-state index contributed by atoms with van der Waals surface area (Å²) in [4.78, 5) is 12.6. The van der Waals surface area contributed by atoms with Crippen molar-refractivity contribution in [3.63, 3.8) is 0 Å². The number of sulfonamides is 1. The first-order valence-corrected chi connectivity index (χ1v) is 10.1. The van der Waals surface area contributed by atoms with Crippen LogP contribution in [0.15, 0.2) is 42.5 Å². The second-order valence-corrected chi connectivity index (χ2v) is 8.07. The first-order chi connectivity index (χ1) is 11.7. The lowest BCUT2D eigenvalue weighted by Gasteiger charge is -2.18. The Kier molecular flexibility index (Phi) is 6.08. The lowest BCUT2D eigenvalue weighted by Crippen LogP contribution is -2.28. The molecule has 1 amide bonds. The van der Waals surface area contributed by atoms with Crippen molar-refractivity contribution in [1.29, 1.82) is 0 Å². The number of halogens is 1. The van der Waals surface area contributed by atoms with Crippen LogP contribution in [-0.4, -0.2) is 20.6 Å². The molecule has 0 aliphatic heterocycles. The molecule has 0 fully saturated rings. The van der Waals surface area contributed by atoms with E-state index < -0.39 is 10.0 Å². The minimum absolute atomic E-state index is 0.157. The van der Waals surface area contributed by atoms with Crippen LogP contribution in [-0.2, 0) is 10.0 Å². The zero-order valence-corrected chi connectivity index (χ0v) is 15.9. The zero-order chi connectivity index (χ0) is 18.6. The van der Waals surface area contributed by atoms with Crippen molar-refractivity contribution in [2.45, 2.75) is 26.3 Å². The largest absolute Gasteiger partial charge is 0.345 e. The van der Waals surface area contributed by atoms with Crippen molar-refractivity contribution in [1.82, 2.24) is 5.32 Å². The summed E-state index contributed by atoms with van der Waals surface area (Å²) in [5, 5.41) is 3.21. The molecular formula is C18H21ClN2O3S. The van der Waals surface area contributed by atoms with Gasteiger partial charge in [0.2, 0.25) is 10.0 Å². The van der Waals surface area contributed by atoms with E-state index in [0.29, 0.717) is 12.1 Å². The summed E-state index contributed by atoms with van der Waals surface area (Å²) in [6.07, 6.45) is 1.76. The summed E-state index contributed by atoms with van der Waals surface area (Å²) >= 11 is 6.12. The van der Waals surface area contributed by atoms with Crippen molar-refractivity contribution in [3.05, 3.63) is 64.2 Å². The highest BCUT2D eigenvalue weighted by atomic mass is 35.5. The molecule has 0 saturated heterocycles. The van der Waals surface area contributed by atoms with Crippen LogP contribution in [0.2, 0.25) is 5.02 Å². The SMILES string of the molecule is CC[C@@H](NC(=O)c1cc(NS(C)(=O)=O)ccc1Cl)c1ccc(C)cc1. The van der Waals surface area contributed by atoms with Gasteiger partial charge < -0.3 is 5.32 Å². The Morgan fingerprint density at radius 2 is 1.80 bits per heavy atom. The number of rotatable bonds is 6. The number of hydrogen-bond donors (Lipinski definition) is 2. The van der Waals surface area contributed by atoms with Gasteiger partial charge in [0.15, 0.2) is 0 Å². The quantitative estimate of drug-likeness (QED) is 0.797. The Bertz CT molecular complexity index is 864. The molecule has 0 saturated carbocycles. The summed E-state index contributed by atoms with van der Waals surface area (Å²) in [5.74, 6) is -0.352. The van der Waals surface area contributed by atoms with E-state index in [2.05, 4.69) is 10.0 Å². The predicted molar refractivity (Wildman–Crippen MR) is 102 cm³/mol. The number of carbonyl (C=O) groups excluding carboxylic acids is 1. The topological polar surface area (TPSA) is 75.3 Å². The maximum absolute atomic E-state index is 12.6. The molecule has 2 aromatic rings. The zero-order valence-electron chi connectivity index (χ0n) is 14.3. The maximum Gasteiger partial charge on any atom is 0.253 e. The van der Waals surface area contributed by atoms with Crippen LogP contribution in [0.1, 0.15) is 40.9 Å². The van der Waals surface area contributed by atoms with Gasteiger partial charge in [-0.3, -0.25) is 9.52 Å². The van der Waals surface area contributed by atoms with Crippen molar-refractivity contribution in [3.8, 4) is 0 Å². The van der Waals surface area contributed by atoms with Gasteiger partial charge in [0.1, 0.15) is 0 Å². The van der Waals surface area contributed by atoms with Crippen molar-refractivity contribution in [2.75, 3.05) is 11.0 Å². The average molecular weight is 381 g/mol. The van der Waals surface area contributed by atoms with Gasteiger partial charge in [-0.2, -0.15) is 0 Å². The first kappa shape index (κ1) is 19.3. The van der Waals surface area contributed by atoms with Gasteiger partial charge in [-0.15, -0.1) is 0 Å². The third-order valence-corrected chi connectivity index (χ3v) is 4.64. The number of aryl methyl sites for hydroxylation is 1. The summed E-state index contributed by atoms with van der Waals surface area (Å²) in [5.41, 5.74) is 2.66. The van der Waals surface area contributed by atoms with Gasteiger partial charge in [0, 0.05) is 5.69 Å². The summed E-state index contributed by atoms with van der Waals surface area (Å²) in [6, 6.07) is 12.2. The molecule has 0 radical (unpaired) electrons. The van der Waals surface area contributed by atoms with E-state index >= 15 is 0 Å². The third-order valence-electron chi connectivity index (χ3n) is 3.71. The molecule has 0 heterocycles. The van der Waals surface area contributed by atoms with Gasteiger partial charge in [-0.25, -0.2) is 8.42 Å². The molecule has 25 heavy (non-hydrogen) atoms. The standard InChI is InChI=1S/C18H21ClN2O3S/c1-4-17(13-7-5-12(2)6-8-13)20-18(22)15-11-14(9-10-16(15)19)21-25(3,23)24/h5-11,17,21H,4H2,1-3H3,(H,20,22)/t17-/m1/s1. The average Bonchev–Trinajstić information content (AvgIpc) is 2.54. The molecule has 7 heteroatoms. The van der Waals surface area contributed by atoms with Gasteiger partial charge in [-0.1, -0.05) is 48.4 Å². The van der Waals surface area contributed by atoms with Gasteiger partial charge >= 0.3 is 0 Å². The Morgan fingerprint density at radius 3 is 2.36 bits per heavy atom.